The third kappa shape index (κ3) is 7.22. The highest BCUT2D eigenvalue weighted by atomic mass is 127. The standard InChI is InChI=1S/C18H28N4O2S.HI/c1-4-16-13-22(9-10-25-16)18(19-2)21-12-17(23)20-11-14-5-7-15(24-3)8-6-14;/h5-8,16H,4,9-13H2,1-3H3,(H,19,21)(H,20,23);1H. The minimum absolute atomic E-state index is 0. The molecular weight excluding hydrogens is 463 g/mol. The number of carbonyl (C=O) groups excluding carboxylic acids is 1. The molecular formula is C18H29IN4O2S. The van der Waals surface area contributed by atoms with Crippen molar-refractivity contribution in [2.75, 3.05) is 39.5 Å². The molecule has 1 aromatic rings. The van der Waals surface area contributed by atoms with Crippen molar-refractivity contribution in [2.45, 2.75) is 25.1 Å². The van der Waals surface area contributed by atoms with Gasteiger partial charge in [-0.25, -0.2) is 0 Å². The lowest BCUT2D eigenvalue weighted by Crippen LogP contribution is -2.50. The summed E-state index contributed by atoms with van der Waals surface area (Å²) in [5, 5.41) is 6.73. The molecule has 0 radical (unpaired) electrons. The van der Waals surface area contributed by atoms with Crippen LogP contribution in [0, 0.1) is 0 Å². The first-order valence-electron chi connectivity index (χ1n) is 8.63. The van der Waals surface area contributed by atoms with Crippen molar-refractivity contribution in [2.24, 2.45) is 4.99 Å². The van der Waals surface area contributed by atoms with Gasteiger partial charge in [0.25, 0.3) is 0 Å². The molecule has 1 fully saturated rings. The number of aliphatic imine (C=N–C) groups is 1. The Morgan fingerprint density at radius 3 is 2.69 bits per heavy atom. The molecule has 1 aromatic carbocycles. The van der Waals surface area contributed by atoms with Crippen LogP contribution in [-0.2, 0) is 11.3 Å². The summed E-state index contributed by atoms with van der Waals surface area (Å²) in [5.74, 6) is 2.67. The Kier molecular flexibility index (Phi) is 10.8. The summed E-state index contributed by atoms with van der Waals surface area (Å²) < 4.78 is 5.13. The Hall–Kier alpha value is -1.16. The molecule has 1 aliphatic rings. The quantitative estimate of drug-likeness (QED) is 0.363. The van der Waals surface area contributed by atoms with Gasteiger partial charge in [0.05, 0.1) is 13.7 Å². The lowest BCUT2D eigenvalue weighted by Gasteiger charge is -2.34. The zero-order valence-electron chi connectivity index (χ0n) is 15.7. The van der Waals surface area contributed by atoms with Gasteiger partial charge >= 0.3 is 0 Å². The molecule has 8 heteroatoms. The highest BCUT2D eigenvalue weighted by molar-refractivity contribution is 14.0. The summed E-state index contributed by atoms with van der Waals surface area (Å²) >= 11 is 2.01. The van der Waals surface area contributed by atoms with Gasteiger partial charge in [-0.3, -0.25) is 9.79 Å². The molecule has 2 N–H and O–H groups in total. The molecule has 1 unspecified atom stereocenters. The number of nitrogens with zero attached hydrogens (tertiary/aromatic N) is 2. The summed E-state index contributed by atoms with van der Waals surface area (Å²) in [6, 6.07) is 7.67. The summed E-state index contributed by atoms with van der Waals surface area (Å²) in [5.41, 5.74) is 1.04. The molecule has 0 aliphatic carbocycles. The summed E-state index contributed by atoms with van der Waals surface area (Å²) in [6.07, 6.45) is 1.15. The molecule has 0 aromatic heterocycles. The molecule has 1 saturated heterocycles. The van der Waals surface area contributed by atoms with E-state index in [1.807, 2.05) is 36.0 Å². The van der Waals surface area contributed by atoms with Crippen LogP contribution in [0.3, 0.4) is 0 Å². The summed E-state index contributed by atoms with van der Waals surface area (Å²) in [6.45, 7) is 4.89. The van der Waals surface area contributed by atoms with Crippen molar-refractivity contribution in [1.29, 1.82) is 0 Å². The van der Waals surface area contributed by atoms with Crippen molar-refractivity contribution in [3.63, 3.8) is 0 Å². The Morgan fingerprint density at radius 1 is 1.35 bits per heavy atom. The zero-order valence-corrected chi connectivity index (χ0v) is 18.8. The third-order valence-corrected chi connectivity index (χ3v) is 5.53. The highest BCUT2D eigenvalue weighted by Gasteiger charge is 2.21. The van der Waals surface area contributed by atoms with Crippen LogP contribution in [0.5, 0.6) is 5.75 Å². The monoisotopic (exact) mass is 492 g/mol. The van der Waals surface area contributed by atoms with Gasteiger partial charge in [-0.15, -0.1) is 24.0 Å². The SMILES string of the molecule is CCC1CN(C(=NC)NCC(=O)NCc2ccc(OC)cc2)CCS1.I. The van der Waals surface area contributed by atoms with Crippen molar-refractivity contribution >= 4 is 47.6 Å². The van der Waals surface area contributed by atoms with Gasteiger partial charge in [0.1, 0.15) is 5.75 Å². The number of guanidine groups is 1. The number of amides is 1. The molecule has 26 heavy (non-hydrogen) atoms. The molecule has 1 aliphatic heterocycles. The van der Waals surface area contributed by atoms with E-state index in [4.69, 9.17) is 4.74 Å². The Balaban J connectivity index is 0.00000338. The van der Waals surface area contributed by atoms with Gasteiger partial charge in [0.2, 0.25) is 5.91 Å². The van der Waals surface area contributed by atoms with Crippen molar-refractivity contribution in [3.8, 4) is 5.75 Å². The second kappa shape index (κ2) is 12.3. The summed E-state index contributed by atoms with van der Waals surface area (Å²) in [7, 11) is 3.40. The number of rotatable bonds is 6. The maximum absolute atomic E-state index is 12.1. The number of nitrogens with one attached hydrogen (secondary N) is 2. The Bertz CT molecular complexity index is 583. The number of thioether (sulfide) groups is 1. The normalized spacial score (nSPS) is 17.3. The van der Waals surface area contributed by atoms with Crippen molar-refractivity contribution < 1.29 is 9.53 Å². The third-order valence-electron chi connectivity index (χ3n) is 4.16. The Morgan fingerprint density at radius 2 is 2.08 bits per heavy atom. The fourth-order valence-electron chi connectivity index (χ4n) is 2.66. The molecule has 146 valence electrons. The fourth-order valence-corrected chi connectivity index (χ4v) is 3.84. The molecule has 6 nitrogen and oxygen atoms in total. The van der Waals surface area contributed by atoms with E-state index >= 15 is 0 Å². The highest BCUT2D eigenvalue weighted by Crippen LogP contribution is 2.20. The minimum Gasteiger partial charge on any atom is -0.497 e. The molecule has 0 bridgehead atoms. The van der Waals surface area contributed by atoms with Gasteiger partial charge < -0.3 is 20.3 Å². The van der Waals surface area contributed by atoms with E-state index in [1.54, 1.807) is 14.2 Å². The number of methoxy groups -OCH3 is 1. The molecule has 1 amide bonds. The van der Waals surface area contributed by atoms with E-state index in [0.717, 1.165) is 42.5 Å². The summed E-state index contributed by atoms with van der Waals surface area (Å²) in [4.78, 5) is 18.6. The van der Waals surface area contributed by atoms with Crippen LogP contribution in [0.15, 0.2) is 29.3 Å². The molecule has 0 spiro atoms. The molecule has 2 rings (SSSR count). The second-order valence-corrected chi connectivity index (χ2v) is 7.28. The van der Waals surface area contributed by atoms with Crippen LogP contribution in [0.1, 0.15) is 18.9 Å². The van der Waals surface area contributed by atoms with Crippen LogP contribution in [0.2, 0.25) is 0 Å². The van der Waals surface area contributed by atoms with E-state index < -0.39 is 0 Å². The van der Waals surface area contributed by atoms with Gasteiger partial charge in [0.15, 0.2) is 5.96 Å². The zero-order chi connectivity index (χ0) is 18.1. The predicted octanol–water partition coefficient (Wildman–Crippen LogP) is 2.33. The van der Waals surface area contributed by atoms with E-state index in [1.165, 1.54) is 0 Å². The van der Waals surface area contributed by atoms with Gasteiger partial charge in [-0.1, -0.05) is 19.1 Å². The number of benzene rings is 1. The number of carbonyl (C=O) groups is 1. The van der Waals surface area contributed by atoms with Gasteiger partial charge in [-0.2, -0.15) is 11.8 Å². The maximum atomic E-state index is 12.1. The van der Waals surface area contributed by atoms with Crippen LogP contribution >= 0.6 is 35.7 Å². The topological polar surface area (TPSA) is 66.0 Å². The van der Waals surface area contributed by atoms with Crippen molar-refractivity contribution in [3.05, 3.63) is 29.8 Å². The van der Waals surface area contributed by atoms with Crippen molar-refractivity contribution in [1.82, 2.24) is 15.5 Å². The number of hydrogen-bond acceptors (Lipinski definition) is 4. The molecule has 1 heterocycles. The number of hydrogen-bond donors (Lipinski definition) is 2. The van der Waals surface area contributed by atoms with E-state index in [9.17, 15) is 4.79 Å². The Labute approximate surface area is 177 Å². The van der Waals surface area contributed by atoms with E-state index in [0.29, 0.717) is 11.8 Å². The van der Waals surface area contributed by atoms with Crippen LogP contribution < -0.4 is 15.4 Å². The fraction of sp³-hybridized carbons (Fsp3) is 0.556. The van der Waals surface area contributed by atoms with Crippen LogP contribution in [0.4, 0.5) is 0 Å². The predicted molar refractivity (Wildman–Crippen MR) is 120 cm³/mol. The average Bonchev–Trinajstić information content (AvgIpc) is 2.67. The first-order valence-corrected chi connectivity index (χ1v) is 9.68. The first kappa shape index (κ1) is 22.9. The maximum Gasteiger partial charge on any atom is 0.239 e. The van der Waals surface area contributed by atoms with E-state index in [2.05, 4.69) is 27.4 Å². The van der Waals surface area contributed by atoms with Gasteiger partial charge in [0, 0.05) is 37.7 Å². The minimum atomic E-state index is -0.0459. The van der Waals surface area contributed by atoms with Gasteiger partial charge in [-0.05, 0) is 24.1 Å². The van der Waals surface area contributed by atoms with Crippen LogP contribution in [0.25, 0.3) is 0 Å². The van der Waals surface area contributed by atoms with Crippen LogP contribution in [-0.4, -0.2) is 61.6 Å². The molecule has 0 saturated carbocycles. The lowest BCUT2D eigenvalue weighted by molar-refractivity contribution is -0.120. The largest absolute Gasteiger partial charge is 0.497 e. The molecule has 1 atom stereocenters. The second-order valence-electron chi connectivity index (χ2n) is 5.87. The smallest absolute Gasteiger partial charge is 0.239 e. The lowest BCUT2D eigenvalue weighted by atomic mass is 10.2. The first-order chi connectivity index (χ1) is 12.2. The number of ether oxygens (including phenoxy) is 1. The number of halogens is 1. The average molecular weight is 492 g/mol. The van der Waals surface area contributed by atoms with E-state index in [-0.39, 0.29) is 36.4 Å².